The molecular formula is C13H24. The van der Waals surface area contributed by atoms with Gasteiger partial charge in [-0.1, -0.05) is 39.8 Å². The summed E-state index contributed by atoms with van der Waals surface area (Å²) in [5.41, 5.74) is 0.702. The highest BCUT2D eigenvalue weighted by atomic mass is 14.5. The molecule has 0 spiro atoms. The van der Waals surface area contributed by atoms with E-state index in [0.717, 1.165) is 11.8 Å². The van der Waals surface area contributed by atoms with E-state index >= 15 is 0 Å². The quantitative estimate of drug-likeness (QED) is 0.550. The van der Waals surface area contributed by atoms with Gasteiger partial charge in [-0.25, -0.2) is 0 Å². The highest BCUT2D eigenvalue weighted by molar-refractivity contribution is 5.01. The van der Waals surface area contributed by atoms with E-state index in [9.17, 15) is 0 Å². The van der Waals surface area contributed by atoms with Crippen molar-refractivity contribution in [3.05, 3.63) is 12.2 Å². The van der Waals surface area contributed by atoms with Crippen molar-refractivity contribution in [3.8, 4) is 0 Å². The Balaban J connectivity index is 2.22. The molecule has 0 amide bonds. The summed E-state index contributed by atoms with van der Waals surface area (Å²) in [6.45, 7) is 9.28. The van der Waals surface area contributed by atoms with Gasteiger partial charge < -0.3 is 0 Å². The lowest BCUT2D eigenvalue weighted by Gasteiger charge is -2.16. The lowest BCUT2D eigenvalue weighted by atomic mass is 9.89. The fourth-order valence-corrected chi connectivity index (χ4v) is 1.86. The Hall–Kier alpha value is -0.260. The van der Waals surface area contributed by atoms with Gasteiger partial charge in [0.2, 0.25) is 0 Å². The zero-order valence-electron chi connectivity index (χ0n) is 9.64. The Bertz CT molecular complexity index is 170. The van der Waals surface area contributed by atoms with Crippen molar-refractivity contribution >= 4 is 0 Å². The average Bonchev–Trinajstić information content (AvgIpc) is 2.78. The highest BCUT2D eigenvalue weighted by Gasteiger charge is 2.43. The Labute approximate surface area is 83.4 Å². The lowest BCUT2D eigenvalue weighted by Crippen LogP contribution is -2.07. The van der Waals surface area contributed by atoms with Crippen molar-refractivity contribution in [3.63, 3.8) is 0 Å². The van der Waals surface area contributed by atoms with Crippen molar-refractivity contribution in [1.29, 1.82) is 0 Å². The van der Waals surface area contributed by atoms with E-state index in [4.69, 9.17) is 0 Å². The van der Waals surface area contributed by atoms with E-state index in [1.54, 1.807) is 0 Å². The molecule has 0 aromatic heterocycles. The van der Waals surface area contributed by atoms with Gasteiger partial charge in [0.25, 0.3) is 0 Å². The fraction of sp³-hybridized carbons (Fsp3) is 0.846. The summed E-state index contributed by atoms with van der Waals surface area (Å²) >= 11 is 0. The van der Waals surface area contributed by atoms with Crippen LogP contribution >= 0.6 is 0 Å². The standard InChI is InChI=1S/C13H24/c1-11(2)7-5-6-8-13(9-10-13)12(3)4/h5-6,11-12H,7-10H2,1-4H3. The SMILES string of the molecule is CC(C)CC=CCC1(C(C)C)CC1. The maximum Gasteiger partial charge on any atom is -0.0240 e. The summed E-state index contributed by atoms with van der Waals surface area (Å²) in [5.74, 6) is 1.68. The summed E-state index contributed by atoms with van der Waals surface area (Å²) < 4.78 is 0. The van der Waals surface area contributed by atoms with Crippen LogP contribution in [0.15, 0.2) is 12.2 Å². The number of hydrogen-bond donors (Lipinski definition) is 0. The third kappa shape index (κ3) is 3.17. The van der Waals surface area contributed by atoms with E-state index in [1.807, 2.05) is 0 Å². The minimum absolute atomic E-state index is 0.702. The molecule has 0 nitrogen and oxygen atoms in total. The molecule has 1 saturated carbocycles. The number of hydrogen-bond acceptors (Lipinski definition) is 0. The summed E-state index contributed by atoms with van der Waals surface area (Å²) in [4.78, 5) is 0. The first-order chi connectivity index (χ1) is 6.07. The molecule has 0 unspecified atom stereocenters. The fourth-order valence-electron chi connectivity index (χ4n) is 1.86. The molecule has 0 aromatic rings. The molecule has 1 fully saturated rings. The van der Waals surface area contributed by atoms with Crippen LogP contribution in [0.25, 0.3) is 0 Å². The monoisotopic (exact) mass is 180 g/mol. The van der Waals surface area contributed by atoms with E-state index in [1.165, 1.54) is 25.7 Å². The van der Waals surface area contributed by atoms with E-state index in [2.05, 4.69) is 39.8 Å². The molecule has 1 aliphatic carbocycles. The molecule has 1 aliphatic rings. The predicted molar refractivity (Wildman–Crippen MR) is 59.7 cm³/mol. The van der Waals surface area contributed by atoms with Gasteiger partial charge in [-0.2, -0.15) is 0 Å². The second-order valence-electron chi connectivity index (χ2n) is 5.32. The summed E-state index contributed by atoms with van der Waals surface area (Å²) in [6.07, 6.45) is 10.2. The smallest absolute Gasteiger partial charge is 0.0240 e. The first kappa shape index (κ1) is 10.8. The largest absolute Gasteiger partial charge is 0.0883 e. The summed E-state index contributed by atoms with van der Waals surface area (Å²) in [6, 6.07) is 0. The Morgan fingerprint density at radius 2 is 1.69 bits per heavy atom. The van der Waals surface area contributed by atoms with Gasteiger partial charge in [0.1, 0.15) is 0 Å². The van der Waals surface area contributed by atoms with Crippen LogP contribution in [0.4, 0.5) is 0 Å². The van der Waals surface area contributed by atoms with Gasteiger partial charge in [-0.15, -0.1) is 0 Å². The maximum atomic E-state index is 2.41. The van der Waals surface area contributed by atoms with E-state index in [0.29, 0.717) is 5.41 Å². The molecular weight excluding hydrogens is 156 g/mol. The van der Waals surface area contributed by atoms with Gasteiger partial charge in [-0.05, 0) is 42.9 Å². The van der Waals surface area contributed by atoms with Gasteiger partial charge in [0.15, 0.2) is 0 Å². The molecule has 0 aromatic carbocycles. The van der Waals surface area contributed by atoms with E-state index in [-0.39, 0.29) is 0 Å². The lowest BCUT2D eigenvalue weighted by molar-refractivity contribution is 0.363. The molecule has 0 heteroatoms. The summed E-state index contributed by atoms with van der Waals surface area (Å²) in [5, 5.41) is 0. The predicted octanol–water partition coefficient (Wildman–Crippen LogP) is 4.42. The third-order valence-electron chi connectivity index (χ3n) is 3.42. The number of allylic oxidation sites excluding steroid dienone is 2. The molecule has 0 aliphatic heterocycles. The van der Waals surface area contributed by atoms with Crippen molar-refractivity contribution < 1.29 is 0 Å². The van der Waals surface area contributed by atoms with Crippen LogP contribution in [-0.2, 0) is 0 Å². The normalized spacial score (nSPS) is 20.5. The first-order valence-electron chi connectivity index (χ1n) is 5.72. The molecule has 0 heterocycles. The number of rotatable bonds is 5. The zero-order chi connectivity index (χ0) is 9.90. The second-order valence-corrected chi connectivity index (χ2v) is 5.32. The van der Waals surface area contributed by atoms with Crippen LogP contribution < -0.4 is 0 Å². The highest BCUT2D eigenvalue weighted by Crippen LogP contribution is 2.54. The van der Waals surface area contributed by atoms with Gasteiger partial charge in [-0.3, -0.25) is 0 Å². The average molecular weight is 180 g/mol. The molecule has 0 bridgehead atoms. The van der Waals surface area contributed by atoms with Crippen LogP contribution in [0.5, 0.6) is 0 Å². The van der Waals surface area contributed by atoms with Crippen molar-refractivity contribution in [2.75, 3.05) is 0 Å². The zero-order valence-corrected chi connectivity index (χ0v) is 9.64. The van der Waals surface area contributed by atoms with Crippen LogP contribution in [-0.4, -0.2) is 0 Å². The van der Waals surface area contributed by atoms with Gasteiger partial charge in [0, 0.05) is 0 Å². The Morgan fingerprint density at radius 3 is 2.08 bits per heavy atom. The van der Waals surface area contributed by atoms with Gasteiger partial charge in [0.05, 0.1) is 0 Å². The van der Waals surface area contributed by atoms with E-state index < -0.39 is 0 Å². The molecule has 0 saturated heterocycles. The van der Waals surface area contributed by atoms with Crippen LogP contribution in [0, 0.1) is 17.3 Å². The topological polar surface area (TPSA) is 0 Å². The summed E-state index contributed by atoms with van der Waals surface area (Å²) in [7, 11) is 0. The third-order valence-corrected chi connectivity index (χ3v) is 3.42. The van der Waals surface area contributed by atoms with Crippen LogP contribution in [0.2, 0.25) is 0 Å². The molecule has 76 valence electrons. The molecule has 0 N–H and O–H groups in total. The van der Waals surface area contributed by atoms with Crippen molar-refractivity contribution in [2.24, 2.45) is 17.3 Å². The minimum atomic E-state index is 0.702. The molecule has 13 heavy (non-hydrogen) atoms. The van der Waals surface area contributed by atoms with Crippen LogP contribution in [0.3, 0.4) is 0 Å². The van der Waals surface area contributed by atoms with Crippen molar-refractivity contribution in [1.82, 2.24) is 0 Å². The van der Waals surface area contributed by atoms with Crippen molar-refractivity contribution in [2.45, 2.75) is 53.4 Å². The minimum Gasteiger partial charge on any atom is -0.0883 e. The second kappa shape index (κ2) is 4.30. The van der Waals surface area contributed by atoms with Gasteiger partial charge >= 0.3 is 0 Å². The first-order valence-corrected chi connectivity index (χ1v) is 5.72. The Kier molecular flexibility index (Phi) is 3.58. The molecule has 0 radical (unpaired) electrons. The molecule has 0 atom stereocenters. The Morgan fingerprint density at radius 1 is 1.08 bits per heavy atom. The van der Waals surface area contributed by atoms with Crippen LogP contribution in [0.1, 0.15) is 53.4 Å². The molecule has 1 rings (SSSR count). The maximum absolute atomic E-state index is 2.41.